The van der Waals surface area contributed by atoms with Gasteiger partial charge in [0, 0.05) is 16.1 Å². The summed E-state index contributed by atoms with van der Waals surface area (Å²) in [6.45, 7) is 1.99. The lowest BCUT2D eigenvalue weighted by atomic mass is 10.1. The maximum absolute atomic E-state index is 12.3. The third-order valence-electron chi connectivity index (χ3n) is 3.39. The number of rotatable bonds is 7. The van der Waals surface area contributed by atoms with Crippen molar-refractivity contribution in [3.8, 4) is 11.5 Å². The Bertz CT molecular complexity index is 900. The first-order chi connectivity index (χ1) is 13.0. The summed E-state index contributed by atoms with van der Waals surface area (Å²) in [7, 11) is 0. The van der Waals surface area contributed by atoms with Gasteiger partial charge in [0.05, 0.1) is 5.75 Å². The van der Waals surface area contributed by atoms with Crippen molar-refractivity contribution in [3.05, 3.63) is 54.1 Å². The van der Waals surface area contributed by atoms with E-state index in [9.17, 15) is 13.6 Å². The van der Waals surface area contributed by atoms with Gasteiger partial charge in [0.1, 0.15) is 0 Å². The highest BCUT2D eigenvalue weighted by atomic mass is 32.2. The molecule has 3 rings (SSSR count). The number of amides is 1. The standard InChI is InChI=1S/C18H15F2N3O2S2/c1-11-2-4-12(5-3-11)16-22-23-18(25-16)26-10-15(24)21-13-6-8-14(9-7-13)27-17(19)20/h2-9,17H,10H2,1H3,(H,21,24). The number of benzene rings is 2. The molecule has 0 aliphatic heterocycles. The molecule has 27 heavy (non-hydrogen) atoms. The highest BCUT2D eigenvalue weighted by Gasteiger charge is 2.12. The molecule has 0 aliphatic carbocycles. The van der Waals surface area contributed by atoms with E-state index in [-0.39, 0.29) is 11.7 Å². The van der Waals surface area contributed by atoms with Crippen molar-refractivity contribution in [1.29, 1.82) is 0 Å². The summed E-state index contributed by atoms with van der Waals surface area (Å²) in [5, 5.41) is 10.9. The van der Waals surface area contributed by atoms with E-state index in [2.05, 4.69) is 15.5 Å². The van der Waals surface area contributed by atoms with Crippen molar-refractivity contribution in [3.63, 3.8) is 0 Å². The van der Waals surface area contributed by atoms with E-state index in [0.717, 1.165) is 22.9 Å². The molecule has 1 heterocycles. The number of halogens is 2. The number of thioether (sulfide) groups is 2. The minimum atomic E-state index is -2.47. The van der Waals surface area contributed by atoms with E-state index in [1.807, 2.05) is 31.2 Å². The Morgan fingerprint density at radius 1 is 1.11 bits per heavy atom. The lowest BCUT2D eigenvalue weighted by Crippen LogP contribution is -2.13. The number of aromatic nitrogens is 2. The summed E-state index contributed by atoms with van der Waals surface area (Å²) < 4.78 is 30.1. The second-order valence-electron chi connectivity index (χ2n) is 5.48. The molecule has 0 saturated heterocycles. The van der Waals surface area contributed by atoms with E-state index in [4.69, 9.17) is 4.42 Å². The number of alkyl halides is 2. The molecule has 1 amide bonds. The number of anilines is 1. The van der Waals surface area contributed by atoms with Crippen LogP contribution in [0.5, 0.6) is 0 Å². The Morgan fingerprint density at radius 2 is 1.81 bits per heavy atom. The highest BCUT2D eigenvalue weighted by molar-refractivity contribution is 7.99. The number of aryl methyl sites for hydroxylation is 1. The molecular weight excluding hydrogens is 392 g/mol. The number of hydrogen-bond acceptors (Lipinski definition) is 6. The van der Waals surface area contributed by atoms with Gasteiger partial charge in [-0.15, -0.1) is 10.2 Å². The minimum Gasteiger partial charge on any atom is -0.411 e. The van der Waals surface area contributed by atoms with Crippen molar-refractivity contribution < 1.29 is 18.0 Å². The molecule has 140 valence electrons. The van der Waals surface area contributed by atoms with Crippen LogP contribution in [0.3, 0.4) is 0 Å². The topological polar surface area (TPSA) is 68.0 Å². The van der Waals surface area contributed by atoms with E-state index in [0.29, 0.717) is 33.5 Å². The van der Waals surface area contributed by atoms with Crippen LogP contribution < -0.4 is 5.32 Å². The molecule has 2 aromatic carbocycles. The molecule has 0 radical (unpaired) electrons. The fourth-order valence-electron chi connectivity index (χ4n) is 2.12. The lowest BCUT2D eigenvalue weighted by molar-refractivity contribution is -0.113. The van der Waals surface area contributed by atoms with Gasteiger partial charge >= 0.3 is 0 Å². The fraction of sp³-hybridized carbons (Fsp3) is 0.167. The summed E-state index contributed by atoms with van der Waals surface area (Å²) >= 11 is 1.58. The van der Waals surface area contributed by atoms with Crippen LogP contribution in [0, 0.1) is 6.92 Å². The van der Waals surface area contributed by atoms with Crippen LogP contribution in [0.4, 0.5) is 14.5 Å². The summed E-state index contributed by atoms with van der Waals surface area (Å²) in [4.78, 5) is 12.5. The van der Waals surface area contributed by atoms with Gasteiger partial charge in [0.2, 0.25) is 11.8 Å². The summed E-state index contributed by atoms with van der Waals surface area (Å²) in [6, 6.07) is 13.9. The van der Waals surface area contributed by atoms with E-state index >= 15 is 0 Å². The molecule has 0 bridgehead atoms. The zero-order valence-electron chi connectivity index (χ0n) is 14.2. The molecule has 1 N–H and O–H groups in total. The summed E-state index contributed by atoms with van der Waals surface area (Å²) in [5.74, 6) is -2.25. The maximum atomic E-state index is 12.3. The van der Waals surface area contributed by atoms with E-state index < -0.39 is 5.76 Å². The van der Waals surface area contributed by atoms with Crippen LogP contribution in [0.1, 0.15) is 5.56 Å². The molecule has 0 aliphatic rings. The molecule has 3 aromatic rings. The van der Waals surface area contributed by atoms with Gasteiger partial charge in [0.15, 0.2) is 0 Å². The molecule has 1 aromatic heterocycles. The van der Waals surface area contributed by atoms with Gasteiger partial charge in [0.25, 0.3) is 11.0 Å². The first-order valence-corrected chi connectivity index (χ1v) is 9.74. The third kappa shape index (κ3) is 5.80. The van der Waals surface area contributed by atoms with Gasteiger partial charge in [-0.1, -0.05) is 41.2 Å². The van der Waals surface area contributed by atoms with Crippen LogP contribution in [-0.4, -0.2) is 27.6 Å². The SMILES string of the molecule is Cc1ccc(-c2nnc(SCC(=O)Nc3ccc(SC(F)F)cc3)o2)cc1. The van der Waals surface area contributed by atoms with Gasteiger partial charge in [-0.25, -0.2) is 0 Å². The quantitative estimate of drug-likeness (QED) is 0.550. The Balaban J connectivity index is 1.51. The zero-order valence-corrected chi connectivity index (χ0v) is 15.8. The van der Waals surface area contributed by atoms with E-state index in [1.54, 1.807) is 12.1 Å². The Hall–Kier alpha value is -2.39. The maximum Gasteiger partial charge on any atom is 0.288 e. The minimum absolute atomic E-state index is 0.0864. The first-order valence-electron chi connectivity index (χ1n) is 7.87. The molecular formula is C18H15F2N3O2S2. The number of hydrogen-bond donors (Lipinski definition) is 1. The zero-order chi connectivity index (χ0) is 19.2. The second kappa shape index (κ2) is 9.01. The van der Waals surface area contributed by atoms with Crippen molar-refractivity contribution >= 4 is 35.1 Å². The second-order valence-corrected chi connectivity index (χ2v) is 7.47. The molecule has 0 saturated carbocycles. The highest BCUT2D eigenvalue weighted by Crippen LogP contribution is 2.26. The first kappa shape index (κ1) is 19.4. The number of nitrogens with one attached hydrogen (secondary N) is 1. The largest absolute Gasteiger partial charge is 0.411 e. The smallest absolute Gasteiger partial charge is 0.288 e. The molecule has 5 nitrogen and oxygen atoms in total. The van der Waals surface area contributed by atoms with Gasteiger partial charge < -0.3 is 9.73 Å². The van der Waals surface area contributed by atoms with Crippen molar-refractivity contribution in [2.75, 3.05) is 11.1 Å². The normalized spacial score (nSPS) is 11.0. The van der Waals surface area contributed by atoms with Gasteiger partial charge in [-0.05, 0) is 43.3 Å². The number of nitrogens with zero attached hydrogens (tertiary/aromatic N) is 2. The number of carbonyl (C=O) groups is 1. The van der Waals surface area contributed by atoms with Crippen molar-refractivity contribution in [2.45, 2.75) is 22.8 Å². The van der Waals surface area contributed by atoms with Gasteiger partial charge in [-0.2, -0.15) is 8.78 Å². The Morgan fingerprint density at radius 3 is 2.48 bits per heavy atom. The Labute approximate surface area is 162 Å². The molecule has 0 fully saturated rings. The van der Waals surface area contributed by atoms with Gasteiger partial charge in [-0.3, -0.25) is 4.79 Å². The predicted molar refractivity (Wildman–Crippen MR) is 102 cm³/mol. The monoisotopic (exact) mass is 407 g/mol. The van der Waals surface area contributed by atoms with Crippen LogP contribution in [0.2, 0.25) is 0 Å². The van der Waals surface area contributed by atoms with Crippen LogP contribution in [0.15, 0.2) is 63.1 Å². The van der Waals surface area contributed by atoms with Crippen molar-refractivity contribution in [1.82, 2.24) is 10.2 Å². The summed E-state index contributed by atoms with van der Waals surface area (Å²) in [6.07, 6.45) is 0. The lowest BCUT2D eigenvalue weighted by Gasteiger charge is -2.05. The number of carbonyl (C=O) groups excluding carboxylic acids is 1. The van der Waals surface area contributed by atoms with Crippen molar-refractivity contribution in [2.24, 2.45) is 0 Å². The van der Waals surface area contributed by atoms with Crippen LogP contribution in [-0.2, 0) is 4.79 Å². The summed E-state index contributed by atoms with van der Waals surface area (Å²) in [5.41, 5.74) is 2.47. The predicted octanol–water partition coefficient (Wildman–Crippen LogP) is 5.09. The third-order valence-corrected chi connectivity index (χ3v) is 4.94. The average Bonchev–Trinajstić information content (AvgIpc) is 3.11. The van der Waals surface area contributed by atoms with E-state index in [1.165, 1.54) is 12.1 Å². The fourth-order valence-corrected chi connectivity index (χ4v) is 3.19. The van der Waals surface area contributed by atoms with Crippen LogP contribution in [0.25, 0.3) is 11.5 Å². The molecule has 9 heteroatoms. The molecule has 0 unspecified atom stereocenters. The average molecular weight is 407 g/mol. The molecule has 0 spiro atoms. The van der Waals surface area contributed by atoms with Crippen LogP contribution >= 0.6 is 23.5 Å². The Kier molecular flexibility index (Phi) is 6.46. The molecule has 0 atom stereocenters.